The van der Waals surface area contributed by atoms with Crippen LogP contribution in [-0.2, 0) is 4.79 Å². The fourth-order valence-electron chi connectivity index (χ4n) is 2.27. The lowest BCUT2D eigenvalue weighted by Gasteiger charge is -2.31. The zero-order chi connectivity index (χ0) is 18.1. The number of carbonyl (C=O) groups is 1. The quantitative estimate of drug-likeness (QED) is 0.649. The summed E-state index contributed by atoms with van der Waals surface area (Å²) < 4.78 is 31.5. The molecule has 1 aromatic rings. The Morgan fingerprint density at radius 1 is 1.50 bits per heavy atom. The van der Waals surface area contributed by atoms with E-state index in [2.05, 4.69) is 5.10 Å². The third-order valence-corrected chi connectivity index (χ3v) is 3.43. The number of rotatable bonds is 5. The number of nitro groups is 1. The first-order chi connectivity index (χ1) is 11.2. The number of alkyl halides is 2. The second-order valence-electron chi connectivity index (χ2n) is 5.33. The topological polar surface area (TPSA) is 105 Å². The van der Waals surface area contributed by atoms with E-state index in [1.54, 1.807) is 0 Å². The number of nitro benzene ring substituents is 1. The highest BCUT2D eigenvalue weighted by Gasteiger charge is 2.52. The predicted molar refractivity (Wildman–Crippen MR) is 78.7 cm³/mol. The van der Waals surface area contributed by atoms with Gasteiger partial charge in [0.25, 0.3) is 12.3 Å². The van der Waals surface area contributed by atoms with Crippen molar-refractivity contribution in [3.8, 4) is 5.75 Å². The number of hydrazone groups is 1. The fourth-order valence-corrected chi connectivity index (χ4v) is 2.27. The number of halogens is 2. The first kappa shape index (κ1) is 17.7. The lowest BCUT2D eigenvalue weighted by atomic mass is 10.1. The molecule has 8 nitrogen and oxygen atoms in total. The van der Waals surface area contributed by atoms with E-state index in [9.17, 15) is 28.8 Å². The zero-order valence-electron chi connectivity index (χ0n) is 12.8. The second kappa shape index (κ2) is 6.48. The minimum Gasteiger partial charge on any atom is -0.474 e. The van der Waals surface area contributed by atoms with Gasteiger partial charge >= 0.3 is 5.69 Å². The number of ether oxygens (including phenoxy) is 1. The molecule has 130 valence electrons. The number of hydrogen-bond donors (Lipinski definition) is 1. The van der Waals surface area contributed by atoms with Crippen LogP contribution in [0.25, 0.3) is 0 Å². The number of nitrogens with zero attached hydrogens (tertiary/aromatic N) is 3. The molecule has 0 bridgehead atoms. The van der Waals surface area contributed by atoms with Crippen LogP contribution in [0.15, 0.2) is 29.4 Å². The van der Waals surface area contributed by atoms with Crippen molar-refractivity contribution in [1.82, 2.24) is 5.01 Å². The number of carbonyl (C=O) groups excluding carboxylic acids is 1. The molecule has 1 aliphatic heterocycles. The number of aliphatic hydroxyl groups is 1. The minimum atomic E-state index is -3.24. The molecule has 0 saturated heterocycles. The highest BCUT2D eigenvalue weighted by atomic mass is 19.3. The van der Waals surface area contributed by atoms with E-state index < -0.39 is 35.5 Å². The van der Waals surface area contributed by atoms with Crippen molar-refractivity contribution in [3.63, 3.8) is 0 Å². The normalized spacial score (nSPS) is 21.6. The molecule has 10 heteroatoms. The molecule has 0 aliphatic carbocycles. The van der Waals surface area contributed by atoms with Crippen LogP contribution in [-0.4, -0.2) is 44.9 Å². The molecular weight excluding hydrogens is 328 g/mol. The number of hydrogen-bond acceptors (Lipinski definition) is 6. The molecule has 1 aromatic carbocycles. The van der Waals surface area contributed by atoms with E-state index in [0.29, 0.717) is 0 Å². The van der Waals surface area contributed by atoms with Gasteiger partial charge in [0, 0.05) is 18.2 Å². The van der Waals surface area contributed by atoms with E-state index in [-0.39, 0.29) is 22.2 Å². The SMILES string of the molecule is CC1=NN(C(=O)[C@H](C)Oc2ccccc2[N+](=O)[O-])[C@](O)(C(F)F)C1. The minimum absolute atomic E-state index is 0.157. The van der Waals surface area contributed by atoms with Crippen molar-refractivity contribution in [2.75, 3.05) is 0 Å². The molecule has 0 spiro atoms. The Morgan fingerprint density at radius 3 is 2.71 bits per heavy atom. The average Bonchev–Trinajstić information content (AvgIpc) is 2.83. The molecule has 0 aromatic heterocycles. The van der Waals surface area contributed by atoms with Gasteiger partial charge in [0.05, 0.1) is 4.92 Å². The van der Waals surface area contributed by atoms with Gasteiger partial charge in [-0.25, -0.2) is 8.78 Å². The summed E-state index contributed by atoms with van der Waals surface area (Å²) in [5.41, 5.74) is -2.96. The first-order valence-electron chi connectivity index (χ1n) is 6.95. The van der Waals surface area contributed by atoms with Gasteiger partial charge in [-0.2, -0.15) is 10.1 Å². The van der Waals surface area contributed by atoms with E-state index in [0.717, 1.165) is 0 Å². The smallest absolute Gasteiger partial charge is 0.310 e. The number of amides is 1. The van der Waals surface area contributed by atoms with Crippen LogP contribution >= 0.6 is 0 Å². The highest BCUT2D eigenvalue weighted by Crippen LogP contribution is 2.33. The van der Waals surface area contributed by atoms with Crippen LogP contribution in [0.3, 0.4) is 0 Å². The highest BCUT2D eigenvalue weighted by molar-refractivity contribution is 5.90. The summed E-state index contributed by atoms with van der Waals surface area (Å²) in [6, 6.07) is 5.34. The van der Waals surface area contributed by atoms with Gasteiger partial charge in [0.1, 0.15) is 0 Å². The van der Waals surface area contributed by atoms with Crippen molar-refractivity contribution in [1.29, 1.82) is 0 Å². The summed E-state index contributed by atoms with van der Waals surface area (Å²) in [6.07, 6.45) is -5.10. The Balaban J connectivity index is 2.23. The summed E-state index contributed by atoms with van der Waals surface area (Å²) in [4.78, 5) is 22.6. The van der Waals surface area contributed by atoms with E-state index in [4.69, 9.17) is 4.74 Å². The van der Waals surface area contributed by atoms with Crippen LogP contribution in [0.2, 0.25) is 0 Å². The van der Waals surface area contributed by atoms with Crippen molar-refractivity contribution in [2.45, 2.75) is 38.5 Å². The summed E-state index contributed by atoms with van der Waals surface area (Å²) in [5, 5.41) is 24.9. The standard InChI is InChI=1S/C14H15F2N3O5/c1-8-7-14(21,13(15)16)18(17-8)12(20)9(2)24-11-6-4-3-5-10(11)19(22)23/h3-6,9,13,21H,7H2,1-2H3/t9-,14+/m0/s1. The Bertz CT molecular complexity index is 697. The first-order valence-corrected chi connectivity index (χ1v) is 6.95. The molecule has 1 aliphatic rings. The maximum Gasteiger partial charge on any atom is 0.310 e. The molecular formula is C14H15F2N3O5. The van der Waals surface area contributed by atoms with Gasteiger partial charge in [-0.3, -0.25) is 14.9 Å². The second-order valence-corrected chi connectivity index (χ2v) is 5.33. The Labute approximate surface area is 135 Å². The molecule has 0 fully saturated rings. The van der Waals surface area contributed by atoms with Crippen LogP contribution in [0.4, 0.5) is 14.5 Å². The lowest BCUT2D eigenvalue weighted by Crippen LogP contribution is -2.54. The van der Waals surface area contributed by atoms with Crippen molar-refractivity contribution >= 4 is 17.3 Å². The summed E-state index contributed by atoms with van der Waals surface area (Å²) >= 11 is 0. The van der Waals surface area contributed by atoms with Crippen molar-refractivity contribution < 1.29 is 28.3 Å². The van der Waals surface area contributed by atoms with Gasteiger partial charge in [0.2, 0.25) is 5.72 Å². The Morgan fingerprint density at radius 2 is 2.12 bits per heavy atom. The largest absolute Gasteiger partial charge is 0.474 e. The molecule has 1 N–H and O–H groups in total. The van der Waals surface area contributed by atoms with E-state index in [1.165, 1.54) is 38.1 Å². The van der Waals surface area contributed by atoms with Gasteiger partial charge in [0.15, 0.2) is 11.9 Å². The molecule has 0 unspecified atom stereocenters. The summed E-state index contributed by atoms with van der Waals surface area (Å²) in [5.74, 6) is -1.23. The summed E-state index contributed by atoms with van der Waals surface area (Å²) in [6.45, 7) is 2.63. The van der Waals surface area contributed by atoms with Crippen molar-refractivity contribution in [3.05, 3.63) is 34.4 Å². The number of para-hydroxylation sites is 2. The fraction of sp³-hybridized carbons (Fsp3) is 0.429. The van der Waals surface area contributed by atoms with E-state index >= 15 is 0 Å². The van der Waals surface area contributed by atoms with Crippen LogP contribution in [0.5, 0.6) is 5.75 Å². The molecule has 0 saturated carbocycles. The molecule has 1 amide bonds. The molecule has 24 heavy (non-hydrogen) atoms. The van der Waals surface area contributed by atoms with Gasteiger partial charge in [-0.1, -0.05) is 12.1 Å². The molecule has 1 heterocycles. The monoisotopic (exact) mass is 343 g/mol. The summed E-state index contributed by atoms with van der Waals surface area (Å²) in [7, 11) is 0. The Kier molecular flexibility index (Phi) is 4.78. The van der Waals surface area contributed by atoms with Gasteiger partial charge in [-0.05, 0) is 19.9 Å². The van der Waals surface area contributed by atoms with Gasteiger partial charge < -0.3 is 9.84 Å². The maximum absolute atomic E-state index is 13.1. The van der Waals surface area contributed by atoms with Gasteiger partial charge in [-0.15, -0.1) is 0 Å². The van der Waals surface area contributed by atoms with Crippen LogP contribution in [0.1, 0.15) is 20.3 Å². The molecule has 0 radical (unpaired) electrons. The average molecular weight is 343 g/mol. The third-order valence-electron chi connectivity index (χ3n) is 3.43. The third kappa shape index (κ3) is 3.18. The van der Waals surface area contributed by atoms with Crippen LogP contribution < -0.4 is 4.74 Å². The maximum atomic E-state index is 13.1. The zero-order valence-corrected chi connectivity index (χ0v) is 12.8. The Hall–Kier alpha value is -2.62. The molecule has 2 rings (SSSR count). The lowest BCUT2D eigenvalue weighted by molar-refractivity contribution is -0.386. The van der Waals surface area contributed by atoms with Crippen LogP contribution in [0, 0.1) is 10.1 Å². The molecule has 2 atom stereocenters. The predicted octanol–water partition coefficient (Wildman–Crippen LogP) is 1.92. The van der Waals surface area contributed by atoms with E-state index in [1.807, 2.05) is 0 Å². The van der Waals surface area contributed by atoms with Crippen molar-refractivity contribution in [2.24, 2.45) is 5.10 Å². The number of benzene rings is 1.